The molecule has 2 rings (SSSR count). The van der Waals surface area contributed by atoms with E-state index in [4.69, 9.17) is 11.6 Å². The van der Waals surface area contributed by atoms with Gasteiger partial charge < -0.3 is 0 Å². The van der Waals surface area contributed by atoms with E-state index >= 15 is 0 Å². The van der Waals surface area contributed by atoms with Crippen molar-refractivity contribution < 1.29 is 4.92 Å². The number of pyridine rings is 1. The second-order valence-electron chi connectivity index (χ2n) is 2.71. The van der Waals surface area contributed by atoms with E-state index in [1.165, 1.54) is 10.7 Å². The summed E-state index contributed by atoms with van der Waals surface area (Å²) in [5.74, 6) is 0.368. The molecule has 0 atom stereocenters. The number of hydrogen-bond acceptors (Lipinski definition) is 4. The van der Waals surface area contributed by atoms with Crippen molar-refractivity contribution in [2.75, 3.05) is 0 Å². The Morgan fingerprint density at radius 3 is 2.87 bits per heavy atom. The highest BCUT2D eigenvalue weighted by molar-refractivity contribution is 6.32. The molecule has 7 heteroatoms. The van der Waals surface area contributed by atoms with Crippen LogP contribution in [-0.2, 0) is 0 Å². The van der Waals surface area contributed by atoms with E-state index in [-0.39, 0.29) is 10.7 Å². The van der Waals surface area contributed by atoms with Gasteiger partial charge in [-0.3, -0.25) is 10.1 Å². The number of aromatic nitrogens is 3. The SMILES string of the molecule is O=[N+]([O-])c1cnc(-n2cccn2)c(Cl)c1. The van der Waals surface area contributed by atoms with E-state index in [0.717, 1.165) is 6.20 Å². The second-order valence-corrected chi connectivity index (χ2v) is 3.11. The number of nitrogens with zero attached hydrogens (tertiary/aromatic N) is 4. The lowest BCUT2D eigenvalue weighted by atomic mass is 10.4. The van der Waals surface area contributed by atoms with E-state index in [1.807, 2.05) is 0 Å². The third kappa shape index (κ3) is 1.79. The molecule has 0 aliphatic heterocycles. The molecule has 0 N–H and O–H groups in total. The Bertz CT molecular complexity index is 497. The first kappa shape index (κ1) is 9.60. The molecule has 0 aliphatic carbocycles. The minimum Gasteiger partial charge on any atom is -0.258 e. The molecule has 0 fully saturated rings. The van der Waals surface area contributed by atoms with Crippen molar-refractivity contribution in [1.82, 2.24) is 14.8 Å². The predicted octanol–water partition coefficient (Wildman–Crippen LogP) is 1.83. The van der Waals surface area contributed by atoms with Gasteiger partial charge in [-0.25, -0.2) is 9.67 Å². The van der Waals surface area contributed by atoms with Crippen molar-refractivity contribution in [3.8, 4) is 5.82 Å². The molecule has 0 aromatic carbocycles. The Labute approximate surface area is 89.3 Å². The lowest BCUT2D eigenvalue weighted by Crippen LogP contribution is -2.00. The molecule has 76 valence electrons. The molecule has 0 spiro atoms. The molecule has 2 aromatic rings. The van der Waals surface area contributed by atoms with Crippen LogP contribution in [0.2, 0.25) is 5.02 Å². The molecule has 0 amide bonds. The van der Waals surface area contributed by atoms with Crippen LogP contribution >= 0.6 is 11.6 Å². The van der Waals surface area contributed by atoms with Crippen molar-refractivity contribution in [3.63, 3.8) is 0 Å². The fraction of sp³-hybridized carbons (Fsp3) is 0. The molecule has 0 saturated carbocycles. The molecular formula is C8H5ClN4O2. The summed E-state index contributed by atoms with van der Waals surface area (Å²) in [5, 5.41) is 14.5. The van der Waals surface area contributed by atoms with E-state index in [1.54, 1.807) is 18.5 Å². The fourth-order valence-electron chi connectivity index (χ4n) is 1.08. The van der Waals surface area contributed by atoms with Gasteiger partial charge in [-0.15, -0.1) is 0 Å². The highest BCUT2D eigenvalue weighted by Crippen LogP contribution is 2.22. The Kier molecular flexibility index (Phi) is 2.34. The maximum Gasteiger partial charge on any atom is 0.289 e. The summed E-state index contributed by atoms with van der Waals surface area (Å²) in [4.78, 5) is 13.8. The highest BCUT2D eigenvalue weighted by atomic mass is 35.5. The normalized spacial score (nSPS) is 10.2. The minimum atomic E-state index is -0.550. The van der Waals surface area contributed by atoms with Crippen LogP contribution in [0.15, 0.2) is 30.7 Å². The van der Waals surface area contributed by atoms with E-state index in [9.17, 15) is 10.1 Å². The van der Waals surface area contributed by atoms with Crippen LogP contribution in [0.4, 0.5) is 5.69 Å². The minimum absolute atomic E-state index is 0.143. The summed E-state index contributed by atoms with van der Waals surface area (Å²) >= 11 is 5.84. The highest BCUT2D eigenvalue weighted by Gasteiger charge is 2.11. The van der Waals surface area contributed by atoms with E-state index < -0.39 is 4.92 Å². The van der Waals surface area contributed by atoms with Crippen LogP contribution in [-0.4, -0.2) is 19.7 Å². The first-order valence-corrected chi connectivity index (χ1v) is 4.36. The lowest BCUT2D eigenvalue weighted by Gasteiger charge is -2.01. The Morgan fingerprint density at radius 1 is 1.53 bits per heavy atom. The Morgan fingerprint density at radius 2 is 2.33 bits per heavy atom. The van der Waals surface area contributed by atoms with Crippen molar-refractivity contribution in [2.45, 2.75) is 0 Å². The molecule has 0 radical (unpaired) electrons. The first-order chi connectivity index (χ1) is 7.18. The van der Waals surface area contributed by atoms with Gasteiger partial charge in [0.2, 0.25) is 0 Å². The summed E-state index contributed by atoms with van der Waals surface area (Å²) in [6.45, 7) is 0. The largest absolute Gasteiger partial charge is 0.289 e. The van der Waals surface area contributed by atoms with Crippen molar-refractivity contribution in [2.24, 2.45) is 0 Å². The van der Waals surface area contributed by atoms with Crippen LogP contribution in [0.1, 0.15) is 0 Å². The smallest absolute Gasteiger partial charge is 0.258 e. The van der Waals surface area contributed by atoms with Crippen LogP contribution in [0.3, 0.4) is 0 Å². The van der Waals surface area contributed by atoms with Gasteiger partial charge in [0.15, 0.2) is 5.82 Å². The summed E-state index contributed by atoms with van der Waals surface area (Å²) in [6.07, 6.45) is 4.36. The monoisotopic (exact) mass is 224 g/mol. The number of rotatable bonds is 2. The molecule has 6 nitrogen and oxygen atoms in total. The van der Waals surface area contributed by atoms with Gasteiger partial charge in [0.25, 0.3) is 5.69 Å². The molecule has 0 saturated heterocycles. The van der Waals surface area contributed by atoms with Crippen LogP contribution < -0.4 is 0 Å². The molecule has 2 heterocycles. The molecular weight excluding hydrogens is 220 g/mol. The van der Waals surface area contributed by atoms with Gasteiger partial charge in [-0.1, -0.05) is 11.6 Å². The van der Waals surface area contributed by atoms with Crippen LogP contribution in [0.25, 0.3) is 5.82 Å². The fourth-order valence-corrected chi connectivity index (χ4v) is 1.33. The summed E-state index contributed by atoms with van der Waals surface area (Å²) in [6, 6.07) is 2.95. The standard InChI is InChI=1S/C8H5ClN4O2/c9-7-4-6(13(14)15)5-10-8(7)12-3-1-2-11-12/h1-5H. The molecule has 15 heavy (non-hydrogen) atoms. The van der Waals surface area contributed by atoms with Crippen LogP contribution in [0, 0.1) is 10.1 Å². The number of halogens is 1. The Balaban J connectivity index is 2.48. The van der Waals surface area contributed by atoms with Crippen molar-refractivity contribution >= 4 is 17.3 Å². The molecule has 0 unspecified atom stereocenters. The van der Waals surface area contributed by atoms with Gasteiger partial charge in [-0.05, 0) is 6.07 Å². The number of nitro groups is 1. The molecule has 0 bridgehead atoms. The molecule has 0 aliphatic rings. The third-order valence-electron chi connectivity index (χ3n) is 1.74. The predicted molar refractivity (Wildman–Crippen MR) is 53.0 cm³/mol. The summed E-state index contributed by atoms with van der Waals surface area (Å²) < 4.78 is 1.44. The Hall–Kier alpha value is -1.95. The summed E-state index contributed by atoms with van der Waals surface area (Å²) in [7, 11) is 0. The lowest BCUT2D eigenvalue weighted by molar-refractivity contribution is -0.385. The van der Waals surface area contributed by atoms with Gasteiger partial charge in [-0.2, -0.15) is 5.10 Å². The zero-order valence-electron chi connectivity index (χ0n) is 7.37. The molecule has 2 aromatic heterocycles. The topological polar surface area (TPSA) is 73.8 Å². The zero-order valence-corrected chi connectivity index (χ0v) is 8.13. The van der Waals surface area contributed by atoms with Crippen LogP contribution in [0.5, 0.6) is 0 Å². The summed E-state index contributed by atoms with van der Waals surface area (Å²) in [5.41, 5.74) is -0.143. The average Bonchev–Trinajstić information content (AvgIpc) is 2.70. The van der Waals surface area contributed by atoms with Gasteiger partial charge >= 0.3 is 0 Å². The third-order valence-corrected chi connectivity index (χ3v) is 2.02. The van der Waals surface area contributed by atoms with Gasteiger partial charge in [0.1, 0.15) is 6.20 Å². The van der Waals surface area contributed by atoms with Crippen molar-refractivity contribution in [3.05, 3.63) is 45.9 Å². The maximum absolute atomic E-state index is 10.4. The maximum atomic E-state index is 10.4. The van der Waals surface area contributed by atoms with E-state index in [0.29, 0.717) is 5.82 Å². The number of hydrogen-bond donors (Lipinski definition) is 0. The van der Waals surface area contributed by atoms with Crippen molar-refractivity contribution in [1.29, 1.82) is 0 Å². The second kappa shape index (κ2) is 3.66. The zero-order chi connectivity index (χ0) is 10.8. The quantitative estimate of drug-likeness (QED) is 0.576. The van der Waals surface area contributed by atoms with Gasteiger partial charge in [0, 0.05) is 18.5 Å². The van der Waals surface area contributed by atoms with E-state index in [2.05, 4.69) is 10.1 Å². The first-order valence-electron chi connectivity index (χ1n) is 3.98. The van der Waals surface area contributed by atoms with Gasteiger partial charge in [0.05, 0.1) is 9.95 Å². The average molecular weight is 225 g/mol.